The monoisotopic (exact) mass is 209 g/mol. The predicted octanol–water partition coefficient (Wildman–Crippen LogP) is 2.39. The van der Waals surface area contributed by atoms with E-state index in [9.17, 15) is 4.79 Å². The molecule has 0 aromatic carbocycles. The van der Waals surface area contributed by atoms with E-state index < -0.39 is 0 Å². The molecular formula is C14H11NO. The molecule has 0 N–H and O–H groups in total. The lowest BCUT2D eigenvalue weighted by Gasteiger charge is -2.14. The highest BCUT2D eigenvalue weighted by atomic mass is 16.1. The van der Waals surface area contributed by atoms with E-state index in [1.807, 2.05) is 19.1 Å². The van der Waals surface area contributed by atoms with Crippen molar-refractivity contribution in [3.8, 4) is 12.3 Å². The highest BCUT2D eigenvalue weighted by molar-refractivity contribution is 6.06. The largest absolute Gasteiger partial charge is 0.293 e. The lowest BCUT2D eigenvalue weighted by Crippen LogP contribution is -2.08. The van der Waals surface area contributed by atoms with Gasteiger partial charge in [-0.25, -0.2) is 0 Å². The smallest absolute Gasteiger partial charge is 0.175 e. The number of hydrogen-bond donors (Lipinski definition) is 0. The Balaban J connectivity index is 2.51. The molecule has 2 nitrogen and oxygen atoms in total. The van der Waals surface area contributed by atoms with E-state index in [1.165, 1.54) is 0 Å². The number of terminal acetylenes is 1. The standard InChI is InChI=1S/C14H11NO/c1-3-11-9-13(10(2)8-14(11)16)12-4-6-15-7-5-12/h1,4-7,9H,8H2,2H3. The van der Waals surface area contributed by atoms with Gasteiger partial charge >= 0.3 is 0 Å². The molecule has 1 aromatic heterocycles. The van der Waals surface area contributed by atoms with Crippen LogP contribution in [0.2, 0.25) is 0 Å². The number of carbonyl (C=O) groups excluding carboxylic acids is 1. The first-order chi connectivity index (χ1) is 7.72. The van der Waals surface area contributed by atoms with Gasteiger partial charge in [0.2, 0.25) is 0 Å². The van der Waals surface area contributed by atoms with Crippen molar-refractivity contribution in [2.24, 2.45) is 0 Å². The molecule has 0 aliphatic heterocycles. The van der Waals surface area contributed by atoms with E-state index in [1.54, 1.807) is 18.5 Å². The maximum absolute atomic E-state index is 11.6. The van der Waals surface area contributed by atoms with E-state index in [0.717, 1.165) is 16.7 Å². The van der Waals surface area contributed by atoms with Crippen LogP contribution in [0.1, 0.15) is 18.9 Å². The first kappa shape index (κ1) is 10.4. The second kappa shape index (κ2) is 4.16. The molecule has 0 saturated heterocycles. The minimum atomic E-state index is 0.0257. The zero-order valence-electron chi connectivity index (χ0n) is 9.03. The Hall–Kier alpha value is -2.14. The fourth-order valence-corrected chi connectivity index (χ4v) is 1.76. The van der Waals surface area contributed by atoms with Gasteiger partial charge in [0.15, 0.2) is 5.78 Å². The molecule has 1 heterocycles. The zero-order valence-corrected chi connectivity index (χ0v) is 9.03. The molecule has 0 unspecified atom stereocenters. The Morgan fingerprint density at radius 1 is 1.38 bits per heavy atom. The lowest BCUT2D eigenvalue weighted by molar-refractivity contribution is -0.114. The fourth-order valence-electron chi connectivity index (χ4n) is 1.76. The fraction of sp³-hybridized carbons (Fsp3) is 0.143. The molecule has 0 saturated carbocycles. The Morgan fingerprint density at radius 2 is 2.06 bits per heavy atom. The zero-order chi connectivity index (χ0) is 11.5. The highest BCUT2D eigenvalue weighted by Crippen LogP contribution is 2.28. The number of rotatable bonds is 1. The minimum Gasteiger partial charge on any atom is -0.293 e. The number of pyridine rings is 1. The van der Waals surface area contributed by atoms with E-state index in [2.05, 4.69) is 10.9 Å². The summed E-state index contributed by atoms with van der Waals surface area (Å²) in [7, 11) is 0. The third-order valence-electron chi connectivity index (χ3n) is 2.62. The van der Waals surface area contributed by atoms with E-state index in [0.29, 0.717) is 12.0 Å². The molecule has 2 heteroatoms. The third kappa shape index (κ3) is 1.80. The van der Waals surface area contributed by atoms with Crippen LogP contribution in [0.3, 0.4) is 0 Å². The van der Waals surface area contributed by atoms with Crippen molar-refractivity contribution in [2.45, 2.75) is 13.3 Å². The van der Waals surface area contributed by atoms with Crippen LogP contribution in [0.15, 0.2) is 41.7 Å². The maximum Gasteiger partial charge on any atom is 0.175 e. The predicted molar refractivity (Wildman–Crippen MR) is 63.4 cm³/mol. The number of allylic oxidation sites excluding steroid dienone is 4. The van der Waals surface area contributed by atoms with Crippen LogP contribution in [0.4, 0.5) is 0 Å². The molecule has 1 aromatic rings. The molecule has 0 radical (unpaired) electrons. The first-order valence-electron chi connectivity index (χ1n) is 5.04. The van der Waals surface area contributed by atoms with Gasteiger partial charge < -0.3 is 0 Å². The number of carbonyl (C=O) groups is 1. The van der Waals surface area contributed by atoms with Gasteiger partial charge in [0.1, 0.15) is 0 Å². The normalized spacial score (nSPS) is 15.8. The van der Waals surface area contributed by atoms with Crippen molar-refractivity contribution in [1.82, 2.24) is 4.98 Å². The van der Waals surface area contributed by atoms with Crippen LogP contribution >= 0.6 is 0 Å². The third-order valence-corrected chi connectivity index (χ3v) is 2.62. The Bertz CT molecular complexity index is 530. The van der Waals surface area contributed by atoms with E-state index in [-0.39, 0.29) is 5.78 Å². The summed E-state index contributed by atoms with van der Waals surface area (Å²) < 4.78 is 0. The number of aromatic nitrogens is 1. The second-order valence-corrected chi connectivity index (χ2v) is 3.73. The van der Waals surface area contributed by atoms with Gasteiger partial charge in [0.25, 0.3) is 0 Å². The van der Waals surface area contributed by atoms with E-state index in [4.69, 9.17) is 6.42 Å². The van der Waals surface area contributed by atoms with Crippen molar-refractivity contribution in [3.05, 3.63) is 47.3 Å². The Labute approximate surface area is 94.7 Å². The van der Waals surface area contributed by atoms with Crippen molar-refractivity contribution >= 4 is 11.4 Å². The van der Waals surface area contributed by atoms with Crippen LogP contribution in [-0.4, -0.2) is 10.8 Å². The number of nitrogens with zero attached hydrogens (tertiary/aromatic N) is 1. The van der Waals surface area contributed by atoms with Crippen LogP contribution in [0.5, 0.6) is 0 Å². The van der Waals surface area contributed by atoms with Gasteiger partial charge in [-0.1, -0.05) is 11.5 Å². The average Bonchev–Trinajstić information content (AvgIpc) is 2.30. The van der Waals surface area contributed by atoms with Gasteiger partial charge in [0.05, 0.1) is 5.57 Å². The summed E-state index contributed by atoms with van der Waals surface area (Å²) in [6, 6.07) is 3.83. The van der Waals surface area contributed by atoms with Crippen LogP contribution in [-0.2, 0) is 4.79 Å². The quantitative estimate of drug-likeness (QED) is 0.665. The van der Waals surface area contributed by atoms with Crippen LogP contribution < -0.4 is 0 Å². The summed E-state index contributed by atoms with van der Waals surface area (Å²) in [4.78, 5) is 15.5. The van der Waals surface area contributed by atoms with Crippen molar-refractivity contribution in [2.75, 3.05) is 0 Å². The first-order valence-corrected chi connectivity index (χ1v) is 5.04. The SMILES string of the molecule is C#CC1=CC(c2ccncc2)=C(C)CC1=O. The summed E-state index contributed by atoms with van der Waals surface area (Å²) in [5.41, 5.74) is 3.59. The molecule has 78 valence electrons. The summed E-state index contributed by atoms with van der Waals surface area (Å²) in [6.07, 6.45) is 11.0. The van der Waals surface area contributed by atoms with E-state index >= 15 is 0 Å². The topological polar surface area (TPSA) is 30.0 Å². The molecule has 2 rings (SSSR count). The maximum atomic E-state index is 11.6. The summed E-state index contributed by atoms with van der Waals surface area (Å²) in [5, 5.41) is 0. The molecule has 0 bridgehead atoms. The molecule has 0 fully saturated rings. The number of Topliss-reactive ketones (excluding diaryl/α,β-unsaturated/α-hetero) is 1. The van der Waals surface area contributed by atoms with Crippen molar-refractivity contribution in [3.63, 3.8) is 0 Å². The van der Waals surface area contributed by atoms with Crippen LogP contribution in [0.25, 0.3) is 5.57 Å². The summed E-state index contributed by atoms with van der Waals surface area (Å²) in [5.74, 6) is 2.46. The highest BCUT2D eigenvalue weighted by Gasteiger charge is 2.17. The number of hydrogen-bond acceptors (Lipinski definition) is 2. The Kier molecular flexibility index (Phi) is 2.70. The molecule has 1 aliphatic rings. The average molecular weight is 209 g/mol. The number of ketones is 1. The van der Waals surface area contributed by atoms with Crippen molar-refractivity contribution in [1.29, 1.82) is 0 Å². The molecule has 0 amide bonds. The van der Waals surface area contributed by atoms with Crippen molar-refractivity contribution < 1.29 is 4.79 Å². The summed E-state index contributed by atoms with van der Waals surface area (Å²) in [6.45, 7) is 1.96. The van der Waals surface area contributed by atoms with Crippen LogP contribution in [0, 0.1) is 12.3 Å². The molecular weight excluding hydrogens is 198 g/mol. The minimum absolute atomic E-state index is 0.0257. The lowest BCUT2D eigenvalue weighted by atomic mass is 9.89. The van der Waals surface area contributed by atoms with Gasteiger partial charge in [-0.05, 0) is 36.3 Å². The molecule has 16 heavy (non-hydrogen) atoms. The van der Waals surface area contributed by atoms with Gasteiger partial charge in [0, 0.05) is 18.8 Å². The second-order valence-electron chi connectivity index (χ2n) is 3.73. The Morgan fingerprint density at radius 3 is 2.69 bits per heavy atom. The summed E-state index contributed by atoms with van der Waals surface area (Å²) >= 11 is 0. The molecule has 0 spiro atoms. The van der Waals surface area contributed by atoms with Gasteiger partial charge in [-0.2, -0.15) is 0 Å². The molecule has 1 aliphatic carbocycles. The van der Waals surface area contributed by atoms with Gasteiger partial charge in [-0.15, -0.1) is 6.42 Å². The van der Waals surface area contributed by atoms with Gasteiger partial charge in [-0.3, -0.25) is 9.78 Å². The molecule has 0 atom stereocenters.